The molecule has 1 N–H and O–H groups in total. The Kier molecular flexibility index (Phi) is 5.65. The van der Waals surface area contributed by atoms with Crippen molar-refractivity contribution in [1.82, 2.24) is 15.2 Å². The molecular formula is C24H34N4O3. The number of hydrogen-bond acceptors (Lipinski definition) is 6. The van der Waals surface area contributed by atoms with Crippen LogP contribution >= 0.6 is 0 Å². The number of carbonyl (C=O) groups excluding carboxylic acids is 1. The second-order valence-corrected chi connectivity index (χ2v) is 9.55. The zero-order valence-corrected chi connectivity index (χ0v) is 18.8. The molecule has 1 amide bonds. The number of piperidine rings is 2. The van der Waals surface area contributed by atoms with Gasteiger partial charge in [0.15, 0.2) is 5.58 Å². The monoisotopic (exact) mass is 426 g/mol. The molecule has 2 aromatic rings. The quantitative estimate of drug-likeness (QED) is 0.806. The standard InChI is InChI=1S/C24H34N4O3/c1-4-17-14-30-13-15(2)28(17)24-26-22-20(9-6-10-21(22)31-24)23(29)25-16-11-18-7-5-8-19(12-16)27(18)3/h6,9-10,15-19H,4-5,7-8,11-14H2,1-3H3,(H,25,29)/t15-,16?,17-,18?,19?/m0/s1. The van der Waals surface area contributed by atoms with Gasteiger partial charge >= 0.3 is 0 Å². The summed E-state index contributed by atoms with van der Waals surface area (Å²) in [6.45, 7) is 5.60. The lowest BCUT2D eigenvalue weighted by Crippen LogP contribution is -2.55. The van der Waals surface area contributed by atoms with Gasteiger partial charge in [-0.1, -0.05) is 19.4 Å². The molecule has 7 heteroatoms. The van der Waals surface area contributed by atoms with E-state index in [1.54, 1.807) is 0 Å². The molecule has 2 bridgehead atoms. The van der Waals surface area contributed by atoms with Crippen molar-refractivity contribution >= 4 is 23.0 Å². The van der Waals surface area contributed by atoms with Crippen LogP contribution < -0.4 is 10.2 Å². The number of benzene rings is 1. The molecule has 0 spiro atoms. The van der Waals surface area contributed by atoms with Crippen LogP contribution in [0.2, 0.25) is 0 Å². The summed E-state index contributed by atoms with van der Waals surface area (Å²) >= 11 is 0. The summed E-state index contributed by atoms with van der Waals surface area (Å²) < 4.78 is 11.9. The molecule has 3 saturated heterocycles. The van der Waals surface area contributed by atoms with E-state index in [4.69, 9.17) is 14.1 Å². The molecule has 2 unspecified atom stereocenters. The summed E-state index contributed by atoms with van der Waals surface area (Å²) in [5, 5.41) is 3.31. The molecule has 4 heterocycles. The molecule has 0 aliphatic carbocycles. The van der Waals surface area contributed by atoms with Gasteiger partial charge < -0.3 is 24.3 Å². The van der Waals surface area contributed by atoms with Crippen molar-refractivity contribution in [2.75, 3.05) is 25.2 Å². The summed E-state index contributed by atoms with van der Waals surface area (Å²) in [5.74, 6) is -0.0415. The smallest absolute Gasteiger partial charge is 0.299 e. The first-order chi connectivity index (χ1) is 15.0. The van der Waals surface area contributed by atoms with Crippen molar-refractivity contribution in [2.45, 2.75) is 82.6 Å². The molecule has 31 heavy (non-hydrogen) atoms. The Labute approximate surface area is 184 Å². The molecular weight excluding hydrogens is 392 g/mol. The number of para-hydroxylation sites is 1. The largest absolute Gasteiger partial charge is 0.423 e. The Balaban J connectivity index is 1.38. The predicted molar refractivity (Wildman–Crippen MR) is 121 cm³/mol. The average molecular weight is 427 g/mol. The number of fused-ring (bicyclic) bond motifs is 3. The second kappa shape index (κ2) is 8.43. The number of hydrogen-bond donors (Lipinski definition) is 1. The number of rotatable bonds is 4. The van der Waals surface area contributed by atoms with E-state index in [9.17, 15) is 4.79 Å². The van der Waals surface area contributed by atoms with Gasteiger partial charge in [-0.05, 0) is 58.2 Å². The third kappa shape index (κ3) is 3.82. The maximum atomic E-state index is 13.3. The third-order valence-corrected chi connectivity index (χ3v) is 7.56. The summed E-state index contributed by atoms with van der Waals surface area (Å²) in [6.07, 6.45) is 6.79. The van der Waals surface area contributed by atoms with Crippen LogP contribution in [0.1, 0.15) is 62.7 Å². The van der Waals surface area contributed by atoms with Crippen LogP contribution in [-0.2, 0) is 4.74 Å². The highest BCUT2D eigenvalue weighted by molar-refractivity contribution is 6.04. The van der Waals surface area contributed by atoms with Crippen molar-refractivity contribution in [1.29, 1.82) is 0 Å². The fraction of sp³-hybridized carbons (Fsp3) is 0.667. The highest BCUT2D eigenvalue weighted by Crippen LogP contribution is 2.33. The normalized spacial score (nSPS) is 31.7. The van der Waals surface area contributed by atoms with Crippen molar-refractivity contribution in [2.24, 2.45) is 0 Å². The number of nitrogens with zero attached hydrogens (tertiary/aromatic N) is 3. The molecule has 5 rings (SSSR count). The Morgan fingerprint density at radius 1 is 1.23 bits per heavy atom. The predicted octanol–water partition coefficient (Wildman–Crippen LogP) is 3.58. The Morgan fingerprint density at radius 3 is 2.74 bits per heavy atom. The number of carbonyl (C=O) groups is 1. The van der Waals surface area contributed by atoms with E-state index in [0.29, 0.717) is 48.0 Å². The van der Waals surface area contributed by atoms with Crippen LogP contribution in [0.3, 0.4) is 0 Å². The Hall–Kier alpha value is -2.12. The lowest BCUT2D eigenvalue weighted by Gasteiger charge is -2.47. The van der Waals surface area contributed by atoms with Crippen LogP contribution in [0.4, 0.5) is 6.01 Å². The number of amides is 1. The topological polar surface area (TPSA) is 70.8 Å². The first-order valence-electron chi connectivity index (χ1n) is 11.8. The minimum absolute atomic E-state index is 0.0415. The first-order valence-corrected chi connectivity index (χ1v) is 11.8. The number of anilines is 1. The molecule has 0 saturated carbocycles. The Morgan fingerprint density at radius 2 is 2.00 bits per heavy atom. The fourth-order valence-electron chi connectivity index (χ4n) is 5.78. The van der Waals surface area contributed by atoms with Gasteiger partial charge in [0, 0.05) is 18.1 Å². The second-order valence-electron chi connectivity index (χ2n) is 9.55. The van der Waals surface area contributed by atoms with Crippen molar-refractivity contribution in [3.8, 4) is 0 Å². The average Bonchev–Trinajstić information content (AvgIpc) is 3.17. The summed E-state index contributed by atoms with van der Waals surface area (Å²) in [7, 11) is 2.24. The summed E-state index contributed by atoms with van der Waals surface area (Å²) in [4.78, 5) is 22.8. The van der Waals surface area contributed by atoms with Gasteiger partial charge in [-0.2, -0.15) is 4.98 Å². The van der Waals surface area contributed by atoms with E-state index in [1.807, 2.05) is 18.2 Å². The lowest BCUT2D eigenvalue weighted by molar-refractivity contribution is 0.0463. The summed E-state index contributed by atoms with van der Waals surface area (Å²) in [6, 6.07) is 8.04. The van der Waals surface area contributed by atoms with Gasteiger partial charge in [0.2, 0.25) is 0 Å². The SMILES string of the molecule is CC[C@H]1COC[C@H](C)N1c1nc2c(C(=O)NC3CC4CCCC(C3)N4C)cccc2o1. The molecule has 4 atom stereocenters. The van der Waals surface area contributed by atoms with Crippen LogP contribution in [0.15, 0.2) is 22.6 Å². The minimum Gasteiger partial charge on any atom is -0.423 e. The molecule has 0 radical (unpaired) electrons. The van der Waals surface area contributed by atoms with E-state index >= 15 is 0 Å². The number of ether oxygens (including phenoxy) is 1. The molecule has 3 aliphatic rings. The maximum absolute atomic E-state index is 13.3. The van der Waals surface area contributed by atoms with Crippen LogP contribution in [0.5, 0.6) is 0 Å². The maximum Gasteiger partial charge on any atom is 0.299 e. The van der Waals surface area contributed by atoms with E-state index in [0.717, 1.165) is 19.3 Å². The van der Waals surface area contributed by atoms with E-state index in [2.05, 4.69) is 36.0 Å². The first kappa shape index (κ1) is 20.8. The van der Waals surface area contributed by atoms with Gasteiger partial charge in [-0.15, -0.1) is 0 Å². The summed E-state index contributed by atoms with van der Waals surface area (Å²) in [5.41, 5.74) is 1.92. The van der Waals surface area contributed by atoms with Crippen LogP contribution in [0, 0.1) is 0 Å². The molecule has 1 aromatic carbocycles. The van der Waals surface area contributed by atoms with Crippen LogP contribution in [-0.4, -0.2) is 66.3 Å². The fourth-order valence-corrected chi connectivity index (χ4v) is 5.78. The minimum atomic E-state index is -0.0415. The van der Waals surface area contributed by atoms with E-state index < -0.39 is 0 Å². The lowest BCUT2D eigenvalue weighted by atomic mass is 9.82. The third-order valence-electron chi connectivity index (χ3n) is 7.56. The number of aromatic nitrogens is 1. The van der Waals surface area contributed by atoms with Crippen molar-refractivity contribution in [3.05, 3.63) is 23.8 Å². The Bertz CT molecular complexity index is 930. The van der Waals surface area contributed by atoms with Gasteiger partial charge in [0.05, 0.1) is 30.9 Å². The highest BCUT2D eigenvalue weighted by Gasteiger charge is 2.37. The number of nitrogens with one attached hydrogen (secondary N) is 1. The van der Waals surface area contributed by atoms with Crippen molar-refractivity contribution in [3.63, 3.8) is 0 Å². The molecule has 3 fully saturated rings. The number of oxazole rings is 1. The number of morpholine rings is 1. The molecule has 3 aliphatic heterocycles. The van der Waals surface area contributed by atoms with Crippen LogP contribution in [0.25, 0.3) is 11.1 Å². The van der Waals surface area contributed by atoms with Gasteiger partial charge in [0.25, 0.3) is 11.9 Å². The zero-order valence-electron chi connectivity index (χ0n) is 18.8. The van der Waals surface area contributed by atoms with Gasteiger partial charge in [-0.3, -0.25) is 4.79 Å². The van der Waals surface area contributed by atoms with Gasteiger partial charge in [0.1, 0.15) is 5.52 Å². The van der Waals surface area contributed by atoms with Crippen molar-refractivity contribution < 1.29 is 13.9 Å². The molecule has 168 valence electrons. The molecule has 7 nitrogen and oxygen atoms in total. The van der Waals surface area contributed by atoms with E-state index in [1.165, 1.54) is 19.3 Å². The zero-order chi connectivity index (χ0) is 21.5. The van der Waals surface area contributed by atoms with Gasteiger partial charge in [-0.25, -0.2) is 0 Å². The molecule has 1 aromatic heterocycles. The highest BCUT2D eigenvalue weighted by atomic mass is 16.5. The van der Waals surface area contributed by atoms with E-state index in [-0.39, 0.29) is 24.0 Å².